The van der Waals surface area contributed by atoms with Gasteiger partial charge in [0.1, 0.15) is 11.5 Å². The molecule has 0 saturated carbocycles. The Kier molecular flexibility index (Phi) is 7.87. The summed E-state index contributed by atoms with van der Waals surface area (Å²) < 4.78 is 5.52. The first-order valence-corrected chi connectivity index (χ1v) is 9.17. The summed E-state index contributed by atoms with van der Waals surface area (Å²) in [6.45, 7) is 3.73. The van der Waals surface area contributed by atoms with Gasteiger partial charge in [0.05, 0.1) is 0 Å². The van der Waals surface area contributed by atoms with Crippen LogP contribution in [0.2, 0.25) is 0 Å². The number of anilines is 1. The number of hydrogen-bond donors (Lipinski definition) is 1. The molecule has 138 valence electrons. The number of hydrogen-bond acceptors (Lipinski definition) is 3. The maximum atomic E-state index is 12.0. The number of rotatable bonds is 10. The fourth-order valence-corrected chi connectivity index (χ4v) is 2.55. The van der Waals surface area contributed by atoms with Gasteiger partial charge in [0, 0.05) is 12.1 Å². The van der Waals surface area contributed by atoms with Crippen molar-refractivity contribution in [3.63, 3.8) is 0 Å². The number of ketones is 1. The topological polar surface area (TPSA) is 55.4 Å². The molecule has 2 aromatic rings. The van der Waals surface area contributed by atoms with Crippen LogP contribution in [0.3, 0.4) is 0 Å². The quantitative estimate of drug-likeness (QED) is 0.681. The summed E-state index contributed by atoms with van der Waals surface area (Å²) >= 11 is 0. The number of benzene rings is 2. The first-order chi connectivity index (χ1) is 12.6. The van der Waals surface area contributed by atoms with Crippen molar-refractivity contribution in [1.29, 1.82) is 0 Å². The van der Waals surface area contributed by atoms with E-state index in [1.54, 1.807) is 6.92 Å². The number of nitrogens with one attached hydrogen (secondary N) is 1. The standard InChI is InChI=1S/C22H27NO3/c1-3-4-5-18-8-12-20(13-9-18)23-22(25)16-26-21-14-10-19(11-15-21)7-6-17(2)24/h8-15H,3-7,16H2,1-2H3,(H,23,25). The Morgan fingerprint density at radius 1 is 0.923 bits per heavy atom. The van der Waals surface area contributed by atoms with Gasteiger partial charge in [-0.2, -0.15) is 0 Å². The second kappa shape index (κ2) is 10.4. The number of unbranched alkanes of at least 4 members (excludes halogenated alkanes) is 1. The van der Waals surface area contributed by atoms with Crippen LogP contribution in [-0.4, -0.2) is 18.3 Å². The zero-order valence-electron chi connectivity index (χ0n) is 15.6. The maximum Gasteiger partial charge on any atom is 0.262 e. The summed E-state index contributed by atoms with van der Waals surface area (Å²) in [5.41, 5.74) is 3.14. The zero-order chi connectivity index (χ0) is 18.8. The number of Topliss-reactive ketones (excluding diaryl/α,β-unsaturated/α-hetero) is 1. The summed E-state index contributed by atoms with van der Waals surface area (Å²) in [5.74, 6) is 0.633. The summed E-state index contributed by atoms with van der Waals surface area (Å²) in [6, 6.07) is 15.4. The largest absolute Gasteiger partial charge is 0.484 e. The second-order valence-corrected chi connectivity index (χ2v) is 6.48. The molecule has 0 fully saturated rings. The summed E-state index contributed by atoms with van der Waals surface area (Å²) in [6.07, 6.45) is 4.68. The molecule has 0 heterocycles. The lowest BCUT2D eigenvalue weighted by atomic mass is 10.1. The van der Waals surface area contributed by atoms with E-state index in [1.165, 1.54) is 18.4 Å². The lowest BCUT2D eigenvalue weighted by molar-refractivity contribution is -0.118. The predicted molar refractivity (Wildman–Crippen MR) is 105 cm³/mol. The molecule has 2 aromatic carbocycles. The highest BCUT2D eigenvalue weighted by Gasteiger charge is 2.05. The molecule has 0 saturated heterocycles. The summed E-state index contributed by atoms with van der Waals surface area (Å²) in [5, 5.41) is 2.84. The number of aryl methyl sites for hydroxylation is 2. The number of ether oxygens (including phenoxy) is 1. The smallest absolute Gasteiger partial charge is 0.262 e. The van der Waals surface area contributed by atoms with E-state index < -0.39 is 0 Å². The molecule has 0 spiro atoms. The minimum atomic E-state index is -0.188. The molecule has 0 unspecified atom stereocenters. The Morgan fingerprint density at radius 3 is 2.15 bits per heavy atom. The van der Waals surface area contributed by atoms with Gasteiger partial charge in [0.15, 0.2) is 6.61 Å². The van der Waals surface area contributed by atoms with E-state index in [0.29, 0.717) is 12.2 Å². The summed E-state index contributed by atoms with van der Waals surface area (Å²) in [4.78, 5) is 23.0. The van der Waals surface area contributed by atoms with Crippen molar-refractivity contribution in [3.8, 4) is 5.75 Å². The Balaban J connectivity index is 1.76. The lowest BCUT2D eigenvalue weighted by Gasteiger charge is -2.09. The monoisotopic (exact) mass is 353 g/mol. The summed E-state index contributed by atoms with van der Waals surface area (Å²) in [7, 11) is 0. The molecule has 0 radical (unpaired) electrons. The lowest BCUT2D eigenvalue weighted by Crippen LogP contribution is -2.20. The Morgan fingerprint density at radius 2 is 1.54 bits per heavy atom. The predicted octanol–water partition coefficient (Wildman–Crippen LogP) is 4.57. The highest BCUT2D eigenvalue weighted by atomic mass is 16.5. The van der Waals surface area contributed by atoms with Gasteiger partial charge in [-0.25, -0.2) is 0 Å². The van der Waals surface area contributed by atoms with Crippen LogP contribution in [0.15, 0.2) is 48.5 Å². The minimum absolute atomic E-state index is 0.0373. The van der Waals surface area contributed by atoms with Crippen molar-refractivity contribution in [1.82, 2.24) is 0 Å². The van der Waals surface area contributed by atoms with Crippen molar-refractivity contribution >= 4 is 17.4 Å². The molecule has 0 atom stereocenters. The van der Waals surface area contributed by atoms with E-state index in [2.05, 4.69) is 12.2 Å². The normalized spacial score (nSPS) is 10.4. The number of carbonyl (C=O) groups excluding carboxylic acids is 2. The van der Waals surface area contributed by atoms with Crippen LogP contribution in [0.4, 0.5) is 5.69 Å². The third-order valence-corrected chi connectivity index (χ3v) is 4.12. The molecule has 4 nitrogen and oxygen atoms in total. The van der Waals surface area contributed by atoms with Crippen molar-refractivity contribution in [2.24, 2.45) is 0 Å². The Hall–Kier alpha value is -2.62. The van der Waals surface area contributed by atoms with Gasteiger partial charge in [-0.1, -0.05) is 37.6 Å². The zero-order valence-corrected chi connectivity index (χ0v) is 15.6. The van der Waals surface area contributed by atoms with Crippen LogP contribution in [0.5, 0.6) is 5.75 Å². The van der Waals surface area contributed by atoms with Crippen LogP contribution in [0.25, 0.3) is 0 Å². The third-order valence-electron chi connectivity index (χ3n) is 4.12. The van der Waals surface area contributed by atoms with E-state index in [4.69, 9.17) is 4.74 Å². The molecule has 26 heavy (non-hydrogen) atoms. The van der Waals surface area contributed by atoms with Crippen molar-refractivity contribution in [2.75, 3.05) is 11.9 Å². The highest BCUT2D eigenvalue weighted by molar-refractivity contribution is 5.91. The first kappa shape index (κ1) is 19.7. The van der Waals surface area contributed by atoms with Gasteiger partial charge in [-0.05, 0) is 61.6 Å². The molecule has 0 aliphatic carbocycles. The van der Waals surface area contributed by atoms with Gasteiger partial charge < -0.3 is 14.8 Å². The molecule has 2 rings (SSSR count). The average molecular weight is 353 g/mol. The molecule has 0 aromatic heterocycles. The van der Waals surface area contributed by atoms with Gasteiger partial charge in [0.25, 0.3) is 5.91 Å². The fourth-order valence-electron chi connectivity index (χ4n) is 2.55. The van der Waals surface area contributed by atoms with Crippen LogP contribution >= 0.6 is 0 Å². The molecular formula is C22H27NO3. The fraction of sp³-hybridized carbons (Fsp3) is 0.364. The Labute approximate surface area is 155 Å². The number of amides is 1. The van der Waals surface area contributed by atoms with E-state index in [-0.39, 0.29) is 18.3 Å². The number of carbonyl (C=O) groups is 2. The van der Waals surface area contributed by atoms with Crippen molar-refractivity contribution in [2.45, 2.75) is 46.0 Å². The van der Waals surface area contributed by atoms with Crippen LogP contribution in [0, 0.1) is 0 Å². The minimum Gasteiger partial charge on any atom is -0.484 e. The van der Waals surface area contributed by atoms with Crippen LogP contribution in [-0.2, 0) is 22.4 Å². The highest BCUT2D eigenvalue weighted by Crippen LogP contribution is 2.15. The van der Waals surface area contributed by atoms with Crippen LogP contribution in [0.1, 0.15) is 44.2 Å². The average Bonchev–Trinajstić information content (AvgIpc) is 2.65. The molecule has 4 heteroatoms. The van der Waals surface area contributed by atoms with Gasteiger partial charge in [-0.15, -0.1) is 0 Å². The third kappa shape index (κ3) is 7.09. The van der Waals surface area contributed by atoms with E-state index in [1.807, 2.05) is 48.5 Å². The Bertz CT molecular complexity index is 705. The van der Waals surface area contributed by atoms with E-state index in [0.717, 1.165) is 24.1 Å². The van der Waals surface area contributed by atoms with Gasteiger partial charge in [0.2, 0.25) is 0 Å². The van der Waals surface area contributed by atoms with E-state index >= 15 is 0 Å². The first-order valence-electron chi connectivity index (χ1n) is 9.17. The maximum absolute atomic E-state index is 12.0. The molecule has 1 amide bonds. The van der Waals surface area contributed by atoms with Crippen molar-refractivity contribution < 1.29 is 14.3 Å². The van der Waals surface area contributed by atoms with Crippen molar-refractivity contribution in [3.05, 3.63) is 59.7 Å². The molecular weight excluding hydrogens is 326 g/mol. The van der Waals surface area contributed by atoms with Crippen LogP contribution < -0.4 is 10.1 Å². The van der Waals surface area contributed by atoms with Gasteiger partial charge >= 0.3 is 0 Å². The van der Waals surface area contributed by atoms with Gasteiger partial charge in [-0.3, -0.25) is 4.79 Å². The molecule has 1 N–H and O–H groups in total. The van der Waals surface area contributed by atoms with E-state index in [9.17, 15) is 9.59 Å². The molecule has 0 aliphatic rings. The second-order valence-electron chi connectivity index (χ2n) is 6.48. The molecule has 0 aliphatic heterocycles. The molecule has 0 bridgehead atoms. The SMILES string of the molecule is CCCCc1ccc(NC(=O)COc2ccc(CCC(C)=O)cc2)cc1.